The van der Waals surface area contributed by atoms with Crippen molar-refractivity contribution in [3.05, 3.63) is 120 Å². The lowest BCUT2D eigenvalue weighted by molar-refractivity contribution is -0.210. The van der Waals surface area contributed by atoms with Crippen molar-refractivity contribution in [2.45, 2.75) is 77.7 Å². The van der Waals surface area contributed by atoms with Gasteiger partial charge in [0.05, 0.1) is 40.6 Å². The Kier molecular flexibility index (Phi) is 13.9. The molecule has 5 rings (SSSR count). The molecule has 0 heterocycles. The van der Waals surface area contributed by atoms with E-state index in [1.807, 2.05) is 85.8 Å². The van der Waals surface area contributed by atoms with Gasteiger partial charge in [-0.15, -0.1) is 6.58 Å². The first-order valence-corrected chi connectivity index (χ1v) is 18.3. The molecule has 0 aliphatic heterocycles. The van der Waals surface area contributed by atoms with E-state index in [9.17, 15) is 4.79 Å². The van der Waals surface area contributed by atoms with E-state index in [-0.39, 0.29) is 43.0 Å². The molecular formula is C44H56O8. The Balaban J connectivity index is 1.59. The Hall–Kier alpha value is -3.79. The number of carbonyl (C=O) groups is 1. The van der Waals surface area contributed by atoms with Crippen molar-refractivity contribution in [1.29, 1.82) is 0 Å². The highest BCUT2D eigenvalue weighted by atomic mass is 16.7. The summed E-state index contributed by atoms with van der Waals surface area (Å²) in [5.41, 5.74) is 2.94. The minimum Gasteiger partial charge on any atom is -0.497 e. The number of hydrogen-bond donors (Lipinski definition) is 0. The van der Waals surface area contributed by atoms with Crippen LogP contribution >= 0.6 is 0 Å². The standard InChI is InChI=1S/C44H56O8/c1-8-40(50-27-34-16-22-37(48-7)23-17-34)44(52-28-32-12-10-9-11-13-32,29-49-26-33-14-20-36(47-6)21-15-33)38-24-18-35-19-25-39(43(35,3)4)42(51-30-46-5)41(45)31(38)2/h8-18,20-23,31,38-40,42H,1,19,24-30H2,2-7H3/t31-,38+,39?,40-,42-,44-/m1/s1. The molecule has 0 radical (unpaired) electrons. The van der Waals surface area contributed by atoms with E-state index < -0.39 is 23.7 Å². The zero-order valence-electron chi connectivity index (χ0n) is 31.7. The topological polar surface area (TPSA) is 81.7 Å². The maximum absolute atomic E-state index is 14.9. The van der Waals surface area contributed by atoms with Crippen molar-refractivity contribution in [3.63, 3.8) is 0 Å². The minimum absolute atomic E-state index is 0.0232. The second kappa shape index (κ2) is 18.3. The summed E-state index contributed by atoms with van der Waals surface area (Å²) in [5.74, 6) is 0.754. The first kappa shape index (κ1) is 39.4. The highest BCUT2D eigenvalue weighted by Crippen LogP contribution is 2.52. The van der Waals surface area contributed by atoms with E-state index in [0.29, 0.717) is 19.6 Å². The average Bonchev–Trinajstić information content (AvgIpc) is 3.48. The van der Waals surface area contributed by atoms with Gasteiger partial charge in [0.25, 0.3) is 0 Å². The Morgan fingerprint density at radius 3 is 2.08 bits per heavy atom. The lowest BCUT2D eigenvalue weighted by atomic mass is 9.70. The fraction of sp³-hybridized carbons (Fsp3) is 0.477. The van der Waals surface area contributed by atoms with E-state index >= 15 is 0 Å². The number of carbonyl (C=O) groups excluding carboxylic acids is 1. The number of hydrogen-bond acceptors (Lipinski definition) is 8. The summed E-state index contributed by atoms with van der Waals surface area (Å²) >= 11 is 0. The van der Waals surface area contributed by atoms with Gasteiger partial charge in [-0.1, -0.05) is 93.1 Å². The van der Waals surface area contributed by atoms with E-state index in [4.69, 9.17) is 33.2 Å². The van der Waals surface area contributed by atoms with E-state index in [2.05, 4.69) is 26.5 Å². The molecule has 52 heavy (non-hydrogen) atoms. The summed E-state index contributed by atoms with van der Waals surface area (Å²) < 4.78 is 43.1. The third kappa shape index (κ3) is 9.04. The second-order valence-corrected chi connectivity index (χ2v) is 14.5. The third-order valence-corrected chi connectivity index (χ3v) is 11.2. The monoisotopic (exact) mass is 712 g/mol. The van der Waals surface area contributed by atoms with Crippen molar-refractivity contribution in [2.75, 3.05) is 34.7 Å². The number of ketones is 1. The number of fused-ring (bicyclic) bond motifs is 2. The molecule has 0 amide bonds. The van der Waals surface area contributed by atoms with Crippen LogP contribution in [0.4, 0.5) is 0 Å². The largest absolute Gasteiger partial charge is 0.497 e. The predicted molar refractivity (Wildman–Crippen MR) is 202 cm³/mol. The molecule has 1 fully saturated rings. The van der Waals surface area contributed by atoms with Crippen molar-refractivity contribution >= 4 is 5.78 Å². The van der Waals surface area contributed by atoms with Crippen LogP contribution in [0.15, 0.2) is 103 Å². The molecule has 0 aromatic heterocycles. The molecule has 6 atom stereocenters. The molecule has 8 nitrogen and oxygen atoms in total. The van der Waals surface area contributed by atoms with Gasteiger partial charge in [0.2, 0.25) is 0 Å². The number of Topliss-reactive ketones (excluding diaryl/α,β-unsaturated/α-hetero) is 1. The normalized spacial score (nSPS) is 23.0. The number of benzene rings is 3. The number of methoxy groups -OCH3 is 3. The molecule has 0 saturated heterocycles. The van der Waals surface area contributed by atoms with Gasteiger partial charge in [0, 0.05) is 24.9 Å². The number of rotatable bonds is 18. The molecule has 280 valence electrons. The molecule has 1 saturated carbocycles. The smallest absolute Gasteiger partial charge is 0.165 e. The zero-order chi connectivity index (χ0) is 37.1. The first-order chi connectivity index (χ1) is 25.2. The van der Waals surface area contributed by atoms with Crippen LogP contribution in [0.5, 0.6) is 11.5 Å². The van der Waals surface area contributed by atoms with Crippen molar-refractivity contribution in [2.24, 2.45) is 23.2 Å². The van der Waals surface area contributed by atoms with Crippen LogP contribution in [-0.2, 0) is 48.3 Å². The SMILES string of the molecule is C=C[C@@H](OCc1ccc(OC)cc1)[C@](COCc1ccc(OC)cc1)(OCc1ccccc1)[C@H]1CC=C2CCC([C@@H](OCOC)C(=O)[C@@H]1C)C2(C)C. The van der Waals surface area contributed by atoms with Crippen LogP contribution in [0, 0.1) is 23.2 Å². The van der Waals surface area contributed by atoms with Crippen LogP contribution in [0.25, 0.3) is 0 Å². The zero-order valence-corrected chi connectivity index (χ0v) is 31.7. The van der Waals surface area contributed by atoms with Crippen LogP contribution in [0.3, 0.4) is 0 Å². The molecule has 1 unspecified atom stereocenters. The van der Waals surface area contributed by atoms with Crippen LogP contribution in [-0.4, -0.2) is 58.3 Å². The summed E-state index contributed by atoms with van der Waals surface area (Å²) in [7, 11) is 4.89. The van der Waals surface area contributed by atoms with Gasteiger partial charge in [0.1, 0.15) is 36.1 Å². The molecule has 3 aromatic carbocycles. The lowest BCUT2D eigenvalue weighted by Gasteiger charge is -2.47. The Labute approximate surface area is 310 Å². The van der Waals surface area contributed by atoms with E-state index in [1.165, 1.54) is 5.57 Å². The van der Waals surface area contributed by atoms with Gasteiger partial charge < -0.3 is 33.2 Å². The van der Waals surface area contributed by atoms with Crippen LogP contribution < -0.4 is 9.47 Å². The number of allylic oxidation sites excluding steroid dienone is 2. The van der Waals surface area contributed by atoms with Gasteiger partial charge in [-0.05, 0) is 65.6 Å². The van der Waals surface area contributed by atoms with Crippen molar-refractivity contribution in [1.82, 2.24) is 0 Å². The van der Waals surface area contributed by atoms with Gasteiger partial charge in [-0.25, -0.2) is 0 Å². The van der Waals surface area contributed by atoms with Gasteiger partial charge in [-0.2, -0.15) is 0 Å². The molecule has 2 aliphatic carbocycles. The van der Waals surface area contributed by atoms with E-state index in [0.717, 1.165) is 41.0 Å². The Bertz CT molecular complexity index is 1600. The summed E-state index contributed by atoms with van der Waals surface area (Å²) in [5, 5.41) is 0. The molecule has 8 heteroatoms. The maximum Gasteiger partial charge on any atom is 0.165 e. The molecular weight excluding hydrogens is 656 g/mol. The molecule has 0 spiro atoms. The lowest BCUT2D eigenvalue weighted by Crippen LogP contribution is -2.58. The highest BCUT2D eigenvalue weighted by Gasteiger charge is 2.54. The summed E-state index contributed by atoms with van der Waals surface area (Å²) in [6.07, 6.45) is 5.24. The van der Waals surface area contributed by atoms with Crippen LogP contribution in [0.2, 0.25) is 0 Å². The predicted octanol–water partition coefficient (Wildman–Crippen LogP) is 8.52. The highest BCUT2D eigenvalue weighted by molar-refractivity contribution is 5.86. The van der Waals surface area contributed by atoms with Crippen molar-refractivity contribution in [3.8, 4) is 11.5 Å². The van der Waals surface area contributed by atoms with Gasteiger partial charge in [-0.3, -0.25) is 4.79 Å². The second-order valence-electron chi connectivity index (χ2n) is 14.5. The minimum atomic E-state index is -1.14. The number of ether oxygens (including phenoxy) is 7. The van der Waals surface area contributed by atoms with Crippen LogP contribution in [0.1, 0.15) is 56.7 Å². The Morgan fingerprint density at radius 1 is 0.865 bits per heavy atom. The fourth-order valence-electron chi connectivity index (χ4n) is 8.01. The summed E-state index contributed by atoms with van der Waals surface area (Å²) in [6.45, 7) is 11.9. The third-order valence-electron chi connectivity index (χ3n) is 11.2. The molecule has 2 bridgehead atoms. The summed E-state index contributed by atoms with van der Waals surface area (Å²) in [4.78, 5) is 14.9. The van der Waals surface area contributed by atoms with Gasteiger partial charge >= 0.3 is 0 Å². The average molecular weight is 713 g/mol. The van der Waals surface area contributed by atoms with Crippen molar-refractivity contribution < 1.29 is 38.0 Å². The quantitative estimate of drug-likeness (QED) is 0.0960. The van der Waals surface area contributed by atoms with Gasteiger partial charge in [0.15, 0.2) is 5.78 Å². The summed E-state index contributed by atoms with van der Waals surface area (Å²) in [6, 6.07) is 25.7. The Morgan fingerprint density at radius 2 is 1.48 bits per heavy atom. The van der Waals surface area contributed by atoms with E-state index in [1.54, 1.807) is 27.4 Å². The first-order valence-electron chi connectivity index (χ1n) is 18.3. The molecule has 2 aliphatic rings. The molecule has 3 aromatic rings. The fourth-order valence-corrected chi connectivity index (χ4v) is 8.01. The molecule has 0 N–H and O–H groups in total. The maximum atomic E-state index is 14.9.